The molecular formula is C14H25N3OS. The van der Waals surface area contributed by atoms with Crippen molar-refractivity contribution in [2.24, 2.45) is 4.99 Å². The summed E-state index contributed by atoms with van der Waals surface area (Å²) in [6.45, 7) is 4.97. The molecule has 1 rings (SSSR count). The smallest absolute Gasteiger partial charge is 0.191 e. The van der Waals surface area contributed by atoms with Gasteiger partial charge in [0.2, 0.25) is 0 Å². The van der Waals surface area contributed by atoms with Gasteiger partial charge in [-0.1, -0.05) is 0 Å². The number of aliphatic imine (C=N–C) groups is 1. The van der Waals surface area contributed by atoms with Crippen LogP contribution in [0, 0.1) is 6.92 Å². The third-order valence-corrected chi connectivity index (χ3v) is 3.53. The predicted molar refractivity (Wildman–Crippen MR) is 84.0 cm³/mol. The molecule has 0 saturated heterocycles. The highest BCUT2D eigenvalue weighted by molar-refractivity contribution is 7.98. The molecule has 5 heteroatoms. The Balaban J connectivity index is 2.32. The molecular weight excluding hydrogens is 258 g/mol. The maximum atomic E-state index is 5.60. The predicted octanol–water partition coefficient (Wildman–Crippen LogP) is 2.96. The number of thioether (sulfide) groups is 1. The van der Waals surface area contributed by atoms with Crippen LogP contribution in [0.25, 0.3) is 0 Å². The average molecular weight is 283 g/mol. The Morgan fingerprint density at radius 1 is 1.42 bits per heavy atom. The number of rotatable bonds is 7. The average Bonchev–Trinajstić information content (AvgIpc) is 2.83. The fraction of sp³-hybridized carbons (Fsp3) is 0.643. The molecule has 0 radical (unpaired) electrons. The van der Waals surface area contributed by atoms with Crippen LogP contribution in [-0.2, 0) is 0 Å². The van der Waals surface area contributed by atoms with Crippen LogP contribution in [0.4, 0.5) is 0 Å². The van der Waals surface area contributed by atoms with Crippen molar-refractivity contribution in [1.82, 2.24) is 10.6 Å². The van der Waals surface area contributed by atoms with Crippen LogP contribution < -0.4 is 10.6 Å². The highest BCUT2D eigenvalue weighted by Crippen LogP contribution is 2.15. The minimum atomic E-state index is 0.117. The second-order valence-electron chi connectivity index (χ2n) is 4.51. The van der Waals surface area contributed by atoms with Gasteiger partial charge in [-0.2, -0.15) is 11.8 Å². The zero-order valence-electron chi connectivity index (χ0n) is 12.3. The van der Waals surface area contributed by atoms with Crippen molar-refractivity contribution in [2.75, 3.05) is 25.6 Å². The highest BCUT2D eigenvalue weighted by Gasteiger charge is 2.10. The quantitative estimate of drug-likeness (QED) is 0.459. The van der Waals surface area contributed by atoms with Gasteiger partial charge in [-0.15, -0.1) is 0 Å². The lowest BCUT2D eigenvalue weighted by atomic mass is 10.2. The molecule has 108 valence electrons. The van der Waals surface area contributed by atoms with E-state index < -0.39 is 0 Å². The maximum absolute atomic E-state index is 5.60. The zero-order chi connectivity index (χ0) is 14.1. The lowest BCUT2D eigenvalue weighted by molar-refractivity contribution is 0.441. The molecule has 0 aromatic carbocycles. The van der Waals surface area contributed by atoms with Gasteiger partial charge in [0, 0.05) is 13.6 Å². The van der Waals surface area contributed by atoms with Crippen molar-refractivity contribution in [3.05, 3.63) is 23.7 Å². The second kappa shape index (κ2) is 8.91. The Bertz CT molecular complexity index is 390. The van der Waals surface area contributed by atoms with Gasteiger partial charge < -0.3 is 15.1 Å². The third-order valence-electron chi connectivity index (χ3n) is 2.83. The summed E-state index contributed by atoms with van der Waals surface area (Å²) in [6, 6.07) is 4.09. The molecule has 0 unspecified atom stereocenters. The van der Waals surface area contributed by atoms with Crippen LogP contribution in [0.3, 0.4) is 0 Å². The summed E-state index contributed by atoms with van der Waals surface area (Å²) in [6.07, 6.45) is 4.54. The van der Waals surface area contributed by atoms with Crippen molar-refractivity contribution < 1.29 is 4.42 Å². The van der Waals surface area contributed by atoms with Crippen LogP contribution in [0.15, 0.2) is 21.5 Å². The molecule has 0 bridgehead atoms. The van der Waals surface area contributed by atoms with Crippen molar-refractivity contribution >= 4 is 17.7 Å². The van der Waals surface area contributed by atoms with Crippen LogP contribution in [-0.4, -0.2) is 31.6 Å². The first-order chi connectivity index (χ1) is 9.17. The van der Waals surface area contributed by atoms with Crippen molar-refractivity contribution in [2.45, 2.75) is 32.7 Å². The van der Waals surface area contributed by atoms with Gasteiger partial charge in [0.25, 0.3) is 0 Å². The zero-order valence-corrected chi connectivity index (χ0v) is 13.1. The maximum Gasteiger partial charge on any atom is 0.191 e. The summed E-state index contributed by atoms with van der Waals surface area (Å²) >= 11 is 1.89. The topological polar surface area (TPSA) is 49.6 Å². The standard InChI is InChI=1S/C14H25N3OS/c1-11-7-8-13(18-11)12(2)17-14(15-3)16-9-5-6-10-19-4/h7-8,12H,5-6,9-10H2,1-4H3,(H2,15,16,17)/t12-/m0/s1. The largest absolute Gasteiger partial charge is 0.464 e. The number of guanidine groups is 1. The number of unbranched alkanes of at least 4 members (excludes halogenated alkanes) is 1. The van der Waals surface area contributed by atoms with Gasteiger partial charge >= 0.3 is 0 Å². The molecule has 0 aliphatic rings. The fourth-order valence-electron chi connectivity index (χ4n) is 1.74. The van der Waals surface area contributed by atoms with Gasteiger partial charge in [0.1, 0.15) is 11.5 Å². The van der Waals surface area contributed by atoms with E-state index in [2.05, 4.69) is 28.8 Å². The molecule has 1 aromatic rings. The molecule has 19 heavy (non-hydrogen) atoms. The van der Waals surface area contributed by atoms with Crippen LogP contribution in [0.5, 0.6) is 0 Å². The van der Waals surface area contributed by atoms with E-state index in [1.54, 1.807) is 7.05 Å². The number of aryl methyl sites for hydroxylation is 1. The Morgan fingerprint density at radius 2 is 2.21 bits per heavy atom. The van der Waals surface area contributed by atoms with Crippen LogP contribution in [0.2, 0.25) is 0 Å². The van der Waals surface area contributed by atoms with Crippen molar-refractivity contribution in [1.29, 1.82) is 0 Å². The lowest BCUT2D eigenvalue weighted by Crippen LogP contribution is -2.39. The SMILES string of the molecule is CN=C(NCCCCSC)N[C@@H](C)c1ccc(C)o1. The lowest BCUT2D eigenvalue weighted by Gasteiger charge is -2.16. The van der Waals surface area contributed by atoms with Crippen LogP contribution in [0.1, 0.15) is 37.3 Å². The Hall–Kier alpha value is -1.10. The molecule has 0 fully saturated rings. The molecule has 1 heterocycles. The number of hydrogen-bond acceptors (Lipinski definition) is 3. The molecule has 1 atom stereocenters. The molecule has 2 N–H and O–H groups in total. The number of furan rings is 1. The number of nitrogens with zero attached hydrogens (tertiary/aromatic N) is 1. The van der Waals surface area contributed by atoms with E-state index >= 15 is 0 Å². The monoisotopic (exact) mass is 283 g/mol. The van der Waals surface area contributed by atoms with Crippen molar-refractivity contribution in [3.63, 3.8) is 0 Å². The Labute approximate surface area is 120 Å². The van der Waals surface area contributed by atoms with E-state index in [0.29, 0.717) is 0 Å². The summed E-state index contributed by atoms with van der Waals surface area (Å²) in [4.78, 5) is 4.23. The van der Waals surface area contributed by atoms with E-state index in [1.807, 2.05) is 30.8 Å². The van der Waals surface area contributed by atoms with Gasteiger partial charge in [0.05, 0.1) is 6.04 Å². The van der Waals surface area contributed by atoms with E-state index in [0.717, 1.165) is 30.4 Å². The van der Waals surface area contributed by atoms with Gasteiger partial charge in [0.15, 0.2) is 5.96 Å². The van der Waals surface area contributed by atoms with E-state index in [-0.39, 0.29) is 6.04 Å². The van der Waals surface area contributed by atoms with Gasteiger partial charge in [-0.25, -0.2) is 0 Å². The highest BCUT2D eigenvalue weighted by atomic mass is 32.2. The molecule has 0 aliphatic carbocycles. The van der Waals surface area contributed by atoms with Crippen LogP contribution >= 0.6 is 11.8 Å². The third kappa shape index (κ3) is 6.05. The molecule has 0 aliphatic heterocycles. The summed E-state index contributed by atoms with van der Waals surface area (Å²) in [5.41, 5.74) is 0. The Kier molecular flexibility index (Phi) is 7.48. The molecule has 4 nitrogen and oxygen atoms in total. The number of nitrogens with one attached hydrogen (secondary N) is 2. The van der Waals surface area contributed by atoms with Gasteiger partial charge in [-0.05, 0) is 50.8 Å². The molecule has 1 aromatic heterocycles. The molecule has 0 amide bonds. The normalized spacial score (nSPS) is 13.4. The first-order valence-corrected chi connectivity index (χ1v) is 8.09. The Morgan fingerprint density at radius 3 is 2.79 bits per heavy atom. The van der Waals surface area contributed by atoms with E-state index in [1.165, 1.54) is 12.2 Å². The summed E-state index contributed by atoms with van der Waals surface area (Å²) in [5, 5.41) is 6.65. The first kappa shape index (κ1) is 16.0. The summed E-state index contributed by atoms with van der Waals surface area (Å²) in [5.74, 6) is 3.91. The van der Waals surface area contributed by atoms with Crippen molar-refractivity contribution in [3.8, 4) is 0 Å². The van der Waals surface area contributed by atoms with Gasteiger partial charge in [-0.3, -0.25) is 4.99 Å². The van der Waals surface area contributed by atoms with E-state index in [4.69, 9.17) is 4.42 Å². The minimum absolute atomic E-state index is 0.117. The minimum Gasteiger partial charge on any atom is -0.464 e. The summed E-state index contributed by atoms with van der Waals surface area (Å²) < 4.78 is 5.60. The fourth-order valence-corrected chi connectivity index (χ4v) is 2.23. The second-order valence-corrected chi connectivity index (χ2v) is 5.50. The molecule has 0 saturated carbocycles. The first-order valence-electron chi connectivity index (χ1n) is 6.69. The number of hydrogen-bond donors (Lipinski definition) is 2. The molecule has 0 spiro atoms. The summed E-state index contributed by atoms with van der Waals surface area (Å²) in [7, 11) is 1.79. The van der Waals surface area contributed by atoms with E-state index in [9.17, 15) is 0 Å².